The number of nitrogens with zero attached hydrogens (tertiary/aromatic N) is 4. The number of hydrogen-bond donors (Lipinski definition) is 2. The molecule has 4 heterocycles. The van der Waals surface area contributed by atoms with Gasteiger partial charge in [0.15, 0.2) is 11.6 Å². The van der Waals surface area contributed by atoms with E-state index in [1.54, 1.807) is 20.8 Å². The molecule has 0 aromatic carbocycles. The number of methoxy groups -OCH3 is 1. The third-order valence-electron chi connectivity index (χ3n) is 9.89. The summed E-state index contributed by atoms with van der Waals surface area (Å²) in [7, 11) is 1.18. The zero-order valence-corrected chi connectivity index (χ0v) is 24.3. The molecule has 2 saturated heterocycles. The van der Waals surface area contributed by atoms with Crippen LogP contribution in [-0.4, -0.2) is 88.7 Å². The van der Waals surface area contributed by atoms with Crippen molar-refractivity contribution in [2.24, 2.45) is 29.1 Å². The number of hydrogen-bond acceptors (Lipinski definition) is 8. The molecular weight excluding hydrogens is 566 g/mol. The van der Waals surface area contributed by atoms with Gasteiger partial charge in [-0.05, 0) is 41.9 Å². The molecular formula is C29H34F2N6O6. The fourth-order valence-electron chi connectivity index (χ4n) is 7.94. The maximum Gasteiger partial charge on any atom is 0.407 e. The number of carbonyl (C=O) groups is 4. The summed E-state index contributed by atoms with van der Waals surface area (Å²) in [6.45, 7) is 5.17. The van der Waals surface area contributed by atoms with Gasteiger partial charge in [0, 0.05) is 19.0 Å². The lowest BCUT2D eigenvalue weighted by Gasteiger charge is -2.38. The Kier molecular flexibility index (Phi) is 6.78. The molecule has 4 fully saturated rings. The minimum absolute atomic E-state index is 0.00258. The van der Waals surface area contributed by atoms with Crippen LogP contribution in [-0.2, 0) is 19.1 Å². The fraction of sp³-hybridized carbons (Fsp3) is 0.655. The van der Waals surface area contributed by atoms with Crippen LogP contribution in [0.4, 0.5) is 19.4 Å². The van der Waals surface area contributed by atoms with Crippen LogP contribution < -0.4 is 15.4 Å². The van der Waals surface area contributed by atoms with Crippen molar-refractivity contribution >= 4 is 29.6 Å². The van der Waals surface area contributed by atoms with Crippen LogP contribution in [0.3, 0.4) is 0 Å². The lowest BCUT2D eigenvalue weighted by Crippen LogP contribution is -2.60. The molecule has 2 saturated carbocycles. The second-order valence-electron chi connectivity index (χ2n) is 13.4. The summed E-state index contributed by atoms with van der Waals surface area (Å²) in [5, 5.41) is 15.3. The SMILES string of the molecule is COC(=O)NC(C(=O)N1CC2C3CC(F)C(C3)C2C1C(=O)N1CC2(CC1C#N)Oc1cc(F)cnc1NC2=O)C(C)(C)C. The summed E-state index contributed by atoms with van der Waals surface area (Å²) in [5.41, 5.74) is -2.46. The number of aromatic nitrogens is 1. The van der Waals surface area contributed by atoms with Gasteiger partial charge in [0.1, 0.15) is 30.1 Å². The highest BCUT2D eigenvalue weighted by molar-refractivity contribution is 6.01. The van der Waals surface area contributed by atoms with E-state index in [4.69, 9.17) is 9.47 Å². The standard InChI is InChI=1S/C29H34F2N6O6/c1-28(2,3)22(34-27(41)42-4)25(39)36-11-17-13-5-16(18(31)6-13)20(17)21(36)24(38)37-12-29(8-15(37)9-32)26(40)35-23-19(43-29)7-14(30)10-33-23/h7,10,13,15-18,20-22H,5-6,8,11-12H2,1-4H3,(H,34,41)(H,33,35,40). The van der Waals surface area contributed by atoms with Gasteiger partial charge in [-0.1, -0.05) is 20.8 Å². The number of anilines is 1. The summed E-state index contributed by atoms with van der Waals surface area (Å²) in [4.78, 5) is 60.7. The molecule has 12 nitrogen and oxygen atoms in total. The highest BCUT2D eigenvalue weighted by atomic mass is 19.1. The van der Waals surface area contributed by atoms with E-state index >= 15 is 4.39 Å². The Bertz CT molecular complexity index is 1430. The molecule has 2 aliphatic carbocycles. The Morgan fingerprint density at radius 3 is 2.70 bits per heavy atom. The van der Waals surface area contributed by atoms with Crippen molar-refractivity contribution in [2.45, 2.75) is 69.9 Å². The Labute approximate surface area is 247 Å². The minimum atomic E-state index is -1.69. The first-order valence-electron chi connectivity index (χ1n) is 14.4. The first-order chi connectivity index (χ1) is 20.3. The Morgan fingerprint density at radius 1 is 1.28 bits per heavy atom. The van der Waals surface area contributed by atoms with E-state index < -0.39 is 76.8 Å². The van der Waals surface area contributed by atoms with Crippen molar-refractivity contribution in [3.63, 3.8) is 0 Å². The molecule has 2 bridgehead atoms. The highest BCUT2D eigenvalue weighted by Gasteiger charge is 2.65. The summed E-state index contributed by atoms with van der Waals surface area (Å²) < 4.78 is 39.8. The molecule has 3 aliphatic heterocycles. The molecule has 9 unspecified atom stereocenters. The number of carbonyl (C=O) groups excluding carboxylic acids is 4. The van der Waals surface area contributed by atoms with E-state index in [2.05, 4.69) is 21.7 Å². The van der Waals surface area contributed by atoms with Crippen LogP contribution in [0.1, 0.15) is 40.0 Å². The average Bonchev–Trinajstić information content (AvgIpc) is 3.70. The Morgan fingerprint density at radius 2 is 2.02 bits per heavy atom. The summed E-state index contributed by atoms with van der Waals surface area (Å²) in [5.74, 6) is -3.47. The van der Waals surface area contributed by atoms with Gasteiger partial charge >= 0.3 is 6.09 Å². The molecule has 4 amide bonds. The molecule has 1 aromatic heterocycles. The lowest BCUT2D eigenvalue weighted by atomic mass is 9.77. The van der Waals surface area contributed by atoms with Gasteiger partial charge in [0.2, 0.25) is 17.4 Å². The number of pyridine rings is 1. The van der Waals surface area contributed by atoms with E-state index in [0.29, 0.717) is 12.8 Å². The summed E-state index contributed by atoms with van der Waals surface area (Å²) >= 11 is 0. The van der Waals surface area contributed by atoms with Crippen molar-refractivity contribution in [1.29, 1.82) is 5.26 Å². The normalized spacial score (nSPS) is 34.6. The van der Waals surface area contributed by atoms with Crippen molar-refractivity contribution in [3.8, 4) is 11.8 Å². The molecule has 2 N–H and O–H groups in total. The summed E-state index contributed by atoms with van der Waals surface area (Å²) in [6, 6.07) is -0.137. The van der Waals surface area contributed by atoms with Gasteiger partial charge in [-0.15, -0.1) is 0 Å². The fourth-order valence-corrected chi connectivity index (χ4v) is 7.94. The van der Waals surface area contributed by atoms with Crippen LogP contribution in [0, 0.1) is 46.2 Å². The number of rotatable bonds is 3. The number of nitriles is 1. The van der Waals surface area contributed by atoms with E-state index in [9.17, 15) is 28.8 Å². The van der Waals surface area contributed by atoms with Crippen LogP contribution >= 0.6 is 0 Å². The molecule has 9 atom stereocenters. The van der Waals surface area contributed by atoms with E-state index in [-0.39, 0.29) is 42.9 Å². The predicted octanol–water partition coefficient (Wildman–Crippen LogP) is 2.01. The monoisotopic (exact) mass is 600 g/mol. The average molecular weight is 601 g/mol. The largest absolute Gasteiger partial charge is 0.471 e. The molecule has 0 radical (unpaired) electrons. The van der Waals surface area contributed by atoms with Gasteiger partial charge in [-0.3, -0.25) is 14.4 Å². The van der Waals surface area contributed by atoms with Crippen molar-refractivity contribution in [1.82, 2.24) is 20.1 Å². The van der Waals surface area contributed by atoms with Gasteiger partial charge in [0.25, 0.3) is 5.91 Å². The van der Waals surface area contributed by atoms with Gasteiger partial charge in [-0.25, -0.2) is 18.6 Å². The number of alkyl halides is 1. The molecule has 230 valence electrons. The van der Waals surface area contributed by atoms with Gasteiger partial charge < -0.3 is 29.9 Å². The first kappa shape index (κ1) is 29.1. The second-order valence-corrected chi connectivity index (χ2v) is 13.4. The van der Waals surface area contributed by atoms with E-state index in [0.717, 1.165) is 12.3 Å². The zero-order chi connectivity index (χ0) is 31.0. The Hall–Kier alpha value is -4.02. The molecule has 1 spiro atoms. The van der Waals surface area contributed by atoms with Crippen molar-refractivity contribution in [3.05, 3.63) is 18.1 Å². The molecule has 5 aliphatic rings. The number of amides is 4. The molecule has 6 rings (SSSR count). The Balaban J connectivity index is 1.35. The minimum Gasteiger partial charge on any atom is -0.471 e. The lowest BCUT2D eigenvalue weighted by molar-refractivity contribution is -0.149. The topological polar surface area (TPSA) is 154 Å². The summed E-state index contributed by atoms with van der Waals surface area (Å²) in [6.07, 6.45) is -0.221. The van der Waals surface area contributed by atoms with Crippen molar-refractivity contribution < 1.29 is 37.4 Å². The molecule has 14 heteroatoms. The second kappa shape index (κ2) is 10.0. The number of halogens is 2. The first-order valence-corrected chi connectivity index (χ1v) is 14.4. The molecule has 43 heavy (non-hydrogen) atoms. The van der Waals surface area contributed by atoms with Crippen LogP contribution in [0.5, 0.6) is 5.75 Å². The van der Waals surface area contributed by atoms with Crippen molar-refractivity contribution in [2.75, 3.05) is 25.5 Å². The smallest absolute Gasteiger partial charge is 0.407 e. The van der Waals surface area contributed by atoms with Crippen LogP contribution in [0.15, 0.2) is 12.3 Å². The number of fused-ring (bicyclic) bond motifs is 6. The van der Waals surface area contributed by atoms with Crippen LogP contribution in [0.2, 0.25) is 0 Å². The highest BCUT2D eigenvalue weighted by Crippen LogP contribution is 2.59. The number of alkyl carbamates (subject to hydrolysis) is 1. The number of likely N-dealkylation sites (tertiary alicyclic amines) is 2. The van der Waals surface area contributed by atoms with Gasteiger partial charge in [-0.2, -0.15) is 5.26 Å². The molecule has 1 aromatic rings. The predicted molar refractivity (Wildman–Crippen MR) is 144 cm³/mol. The maximum absolute atomic E-state index is 15.2. The zero-order valence-electron chi connectivity index (χ0n) is 24.3. The number of nitrogens with one attached hydrogen (secondary N) is 2. The maximum atomic E-state index is 15.2. The van der Waals surface area contributed by atoms with E-state index in [1.807, 2.05) is 0 Å². The quantitative estimate of drug-likeness (QED) is 0.534. The van der Waals surface area contributed by atoms with Gasteiger partial charge in [0.05, 0.1) is 25.9 Å². The number of ether oxygens (including phenoxy) is 2. The third kappa shape index (κ3) is 4.55. The van der Waals surface area contributed by atoms with E-state index in [1.165, 1.54) is 16.9 Å². The van der Waals surface area contributed by atoms with Crippen LogP contribution in [0.25, 0.3) is 0 Å². The third-order valence-corrected chi connectivity index (χ3v) is 9.89.